The highest BCUT2D eigenvalue weighted by molar-refractivity contribution is 6.76. The van der Waals surface area contributed by atoms with Crippen LogP contribution in [0.1, 0.15) is 30.1 Å². The zero-order valence-corrected chi connectivity index (χ0v) is 25.4. The highest BCUT2D eigenvalue weighted by Gasteiger charge is 2.30. The van der Waals surface area contributed by atoms with E-state index in [1.165, 1.54) is 0 Å². The molecular weight excluding hydrogens is 546 g/mol. The third-order valence-electron chi connectivity index (χ3n) is 7.44. The van der Waals surface area contributed by atoms with Crippen LogP contribution in [0.3, 0.4) is 0 Å². The van der Waals surface area contributed by atoms with Gasteiger partial charge in [-0.1, -0.05) is 50.0 Å². The van der Waals surface area contributed by atoms with Crippen molar-refractivity contribution in [1.29, 1.82) is 0 Å². The van der Waals surface area contributed by atoms with Crippen molar-refractivity contribution in [1.82, 2.24) is 19.5 Å². The highest BCUT2D eigenvalue weighted by atomic mass is 28.3. The zero-order valence-electron chi connectivity index (χ0n) is 24.4. The Kier molecular flexibility index (Phi) is 8.08. The van der Waals surface area contributed by atoms with Crippen LogP contribution in [-0.2, 0) is 22.7 Å². The Bertz CT molecular complexity index is 1550. The van der Waals surface area contributed by atoms with Gasteiger partial charge in [-0.05, 0) is 49.1 Å². The Labute approximate surface area is 247 Å². The first-order valence-electron chi connectivity index (χ1n) is 14.6. The number of hydrogen-bond donors (Lipinski definition) is 1. The third-order valence-corrected chi connectivity index (χ3v) is 9.15. The number of fused-ring (bicyclic) bond motifs is 1. The number of amides is 1. The van der Waals surface area contributed by atoms with E-state index in [1.807, 2.05) is 36.4 Å². The van der Waals surface area contributed by atoms with Crippen LogP contribution in [0.15, 0.2) is 67.0 Å². The largest absolute Gasteiger partial charge is 0.493 e. The highest BCUT2D eigenvalue weighted by Crippen LogP contribution is 2.36. The van der Waals surface area contributed by atoms with E-state index in [1.54, 1.807) is 12.3 Å². The van der Waals surface area contributed by atoms with Gasteiger partial charge in [-0.25, -0.2) is 9.97 Å². The lowest BCUT2D eigenvalue weighted by Gasteiger charge is -2.26. The van der Waals surface area contributed by atoms with Gasteiger partial charge in [-0.3, -0.25) is 10.1 Å². The van der Waals surface area contributed by atoms with E-state index in [4.69, 9.17) is 19.2 Å². The Morgan fingerprint density at radius 2 is 1.93 bits per heavy atom. The molecule has 1 aliphatic heterocycles. The second-order valence-corrected chi connectivity index (χ2v) is 17.9. The zero-order chi connectivity index (χ0) is 29.1. The van der Waals surface area contributed by atoms with Crippen molar-refractivity contribution in [3.05, 3.63) is 78.4 Å². The van der Waals surface area contributed by atoms with Gasteiger partial charge >= 0.3 is 0 Å². The smallest absolute Gasteiger partial charge is 0.232 e. The van der Waals surface area contributed by atoms with E-state index in [0.717, 1.165) is 60.3 Å². The topological polar surface area (TPSA) is 100 Å². The molecule has 0 radical (unpaired) electrons. The minimum Gasteiger partial charge on any atom is -0.493 e. The molecule has 1 saturated carbocycles. The molecule has 1 amide bonds. The molecule has 1 atom stereocenters. The molecule has 1 unspecified atom stereocenters. The summed E-state index contributed by atoms with van der Waals surface area (Å²) in [6.45, 7) is 8.81. The van der Waals surface area contributed by atoms with E-state index in [2.05, 4.69) is 57.8 Å². The Morgan fingerprint density at radius 3 is 2.71 bits per heavy atom. The minimum absolute atomic E-state index is 0.0423. The maximum atomic E-state index is 12.1. The fourth-order valence-electron chi connectivity index (χ4n) is 4.89. The number of carbonyl (C=O) groups is 1. The molecule has 4 aromatic rings. The SMILES string of the molecule is C[Si](C)(C)CCOCn1cc(-c2ccccc2)nc1C1COc2ccc(Oc3ccnc(NC(=O)C4CC4)n3)cc2C1. The predicted octanol–water partition coefficient (Wildman–Crippen LogP) is 6.51. The van der Waals surface area contributed by atoms with E-state index in [0.29, 0.717) is 25.0 Å². The summed E-state index contributed by atoms with van der Waals surface area (Å²) in [5.41, 5.74) is 3.04. The lowest BCUT2D eigenvalue weighted by atomic mass is 9.96. The molecule has 2 aromatic carbocycles. The van der Waals surface area contributed by atoms with Crippen molar-refractivity contribution in [3.63, 3.8) is 0 Å². The number of anilines is 1. The van der Waals surface area contributed by atoms with Crippen LogP contribution in [0, 0.1) is 5.92 Å². The minimum atomic E-state index is -1.18. The lowest BCUT2D eigenvalue weighted by Crippen LogP contribution is -2.24. The lowest BCUT2D eigenvalue weighted by molar-refractivity contribution is -0.117. The molecule has 10 heteroatoms. The number of carbonyl (C=O) groups excluding carboxylic acids is 1. The first-order chi connectivity index (χ1) is 20.3. The van der Waals surface area contributed by atoms with Gasteiger partial charge in [-0.15, -0.1) is 0 Å². The molecule has 218 valence electrons. The fourth-order valence-corrected chi connectivity index (χ4v) is 5.64. The number of ether oxygens (including phenoxy) is 3. The van der Waals surface area contributed by atoms with Crippen LogP contribution in [0.2, 0.25) is 25.7 Å². The second-order valence-electron chi connectivity index (χ2n) is 12.2. The van der Waals surface area contributed by atoms with Gasteiger partial charge in [0, 0.05) is 44.6 Å². The summed E-state index contributed by atoms with van der Waals surface area (Å²) in [5, 5.41) is 2.77. The van der Waals surface area contributed by atoms with E-state index < -0.39 is 8.07 Å². The molecule has 6 rings (SSSR count). The van der Waals surface area contributed by atoms with Crippen LogP contribution in [0.4, 0.5) is 5.95 Å². The summed E-state index contributed by atoms with van der Waals surface area (Å²) in [7, 11) is -1.18. The molecule has 9 nitrogen and oxygen atoms in total. The normalized spacial score (nSPS) is 16.4. The summed E-state index contributed by atoms with van der Waals surface area (Å²) in [6, 6.07) is 18.8. The Balaban J connectivity index is 1.19. The Morgan fingerprint density at radius 1 is 1.10 bits per heavy atom. The molecule has 2 aliphatic rings. The van der Waals surface area contributed by atoms with Crippen molar-refractivity contribution in [3.8, 4) is 28.6 Å². The van der Waals surface area contributed by atoms with Crippen molar-refractivity contribution in [2.75, 3.05) is 18.5 Å². The summed E-state index contributed by atoms with van der Waals surface area (Å²) in [6.07, 6.45) is 6.25. The number of aromatic nitrogens is 4. The molecular formula is C32H37N5O4Si. The van der Waals surface area contributed by atoms with Crippen LogP contribution in [0.25, 0.3) is 11.3 Å². The number of rotatable bonds is 11. The number of imidazole rings is 1. The first kappa shape index (κ1) is 28.1. The van der Waals surface area contributed by atoms with Gasteiger partial charge in [0.2, 0.25) is 17.7 Å². The van der Waals surface area contributed by atoms with Crippen LogP contribution >= 0.6 is 0 Å². The summed E-state index contributed by atoms with van der Waals surface area (Å²) in [5.74, 6) is 3.12. The molecule has 2 aromatic heterocycles. The average molecular weight is 584 g/mol. The quantitative estimate of drug-likeness (QED) is 0.159. The van der Waals surface area contributed by atoms with E-state index in [9.17, 15) is 4.79 Å². The summed E-state index contributed by atoms with van der Waals surface area (Å²) >= 11 is 0. The first-order valence-corrected chi connectivity index (χ1v) is 18.3. The molecule has 1 fully saturated rings. The van der Waals surface area contributed by atoms with E-state index >= 15 is 0 Å². The summed E-state index contributed by atoms with van der Waals surface area (Å²) in [4.78, 5) is 25.7. The number of hydrogen-bond acceptors (Lipinski definition) is 7. The monoisotopic (exact) mass is 583 g/mol. The molecule has 0 spiro atoms. The van der Waals surface area contributed by atoms with E-state index in [-0.39, 0.29) is 23.7 Å². The Hall–Kier alpha value is -4.02. The molecule has 3 heterocycles. The van der Waals surface area contributed by atoms with Crippen LogP contribution in [-0.4, -0.2) is 46.7 Å². The van der Waals surface area contributed by atoms with Gasteiger partial charge in [0.1, 0.15) is 24.1 Å². The van der Waals surface area contributed by atoms with Gasteiger partial charge < -0.3 is 18.8 Å². The molecule has 0 saturated heterocycles. The number of benzene rings is 2. The number of nitrogens with one attached hydrogen (secondary N) is 1. The molecule has 0 bridgehead atoms. The standard InChI is InChI=1S/C32H37N5O4Si/c1-42(2,3)16-15-39-21-37-19-27(22-7-5-4-6-8-22)34-30(37)25-17-24-18-26(11-12-28(24)40-20-25)41-29-13-14-33-32(35-29)36-31(38)23-9-10-23/h4-8,11-14,18-19,23,25H,9-10,15-17,20-21H2,1-3H3,(H,33,35,36,38). The molecule has 1 N–H and O–H groups in total. The number of nitrogens with zero attached hydrogens (tertiary/aromatic N) is 4. The molecule has 42 heavy (non-hydrogen) atoms. The van der Waals surface area contributed by atoms with Gasteiger partial charge in [0.15, 0.2) is 0 Å². The molecule has 1 aliphatic carbocycles. The third kappa shape index (κ3) is 7.06. The van der Waals surface area contributed by atoms with Gasteiger partial charge in [0.25, 0.3) is 0 Å². The maximum absolute atomic E-state index is 12.1. The van der Waals surface area contributed by atoms with Crippen molar-refractivity contribution < 1.29 is 19.0 Å². The summed E-state index contributed by atoms with van der Waals surface area (Å²) < 4.78 is 20.5. The average Bonchev–Trinajstić information content (AvgIpc) is 3.75. The van der Waals surface area contributed by atoms with Crippen LogP contribution < -0.4 is 14.8 Å². The van der Waals surface area contributed by atoms with Crippen molar-refractivity contribution >= 4 is 19.9 Å². The predicted molar refractivity (Wildman–Crippen MR) is 164 cm³/mol. The van der Waals surface area contributed by atoms with Gasteiger partial charge in [0.05, 0.1) is 18.2 Å². The van der Waals surface area contributed by atoms with Crippen molar-refractivity contribution in [2.45, 2.75) is 57.6 Å². The van der Waals surface area contributed by atoms with Crippen LogP contribution in [0.5, 0.6) is 17.4 Å². The maximum Gasteiger partial charge on any atom is 0.232 e. The second kappa shape index (κ2) is 12.1. The van der Waals surface area contributed by atoms with Gasteiger partial charge in [-0.2, -0.15) is 4.98 Å². The van der Waals surface area contributed by atoms with Crippen molar-refractivity contribution in [2.24, 2.45) is 5.92 Å². The fraction of sp³-hybridized carbons (Fsp3) is 0.375.